The third-order valence-electron chi connectivity index (χ3n) is 3.14. The molecular weight excluding hydrogens is 330 g/mol. The van der Waals surface area contributed by atoms with Gasteiger partial charge in [-0.3, -0.25) is 10.1 Å². The van der Waals surface area contributed by atoms with Crippen LogP contribution in [0.3, 0.4) is 0 Å². The summed E-state index contributed by atoms with van der Waals surface area (Å²) in [7, 11) is 0. The number of hydrogen-bond acceptors (Lipinski definition) is 4. The molecule has 2 aromatic carbocycles. The maximum absolute atomic E-state index is 13.8. The number of nitro benzene ring substituents is 1. The van der Waals surface area contributed by atoms with E-state index in [2.05, 4.69) is 5.16 Å². The third-order valence-corrected chi connectivity index (χ3v) is 3.37. The number of benzene rings is 2. The minimum Gasteiger partial charge on any atom is -0.356 e. The van der Waals surface area contributed by atoms with Crippen LogP contribution < -0.4 is 0 Å². The van der Waals surface area contributed by atoms with E-state index in [1.165, 1.54) is 30.3 Å². The molecule has 23 heavy (non-hydrogen) atoms. The molecule has 0 radical (unpaired) electrons. The van der Waals surface area contributed by atoms with Gasteiger partial charge in [-0.25, -0.2) is 8.78 Å². The van der Waals surface area contributed by atoms with Crippen molar-refractivity contribution < 1.29 is 18.2 Å². The Hall–Kier alpha value is -2.80. The molecule has 8 heteroatoms. The number of nitrogens with zero attached hydrogens (tertiary/aromatic N) is 2. The monoisotopic (exact) mass is 336 g/mol. The first kappa shape index (κ1) is 15.1. The summed E-state index contributed by atoms with van der Waals surface area (Å²) < 4.78 is 31.7. The molecule has 116 valence electrons. The molecule has 0 amide bonds. The Morgan fingerprint density at radius 2 is 1.87 bits per heavy atom. The molecule has 1 heterocycles. The molecule has 0 aliphatic carbocycles. The van der Waals surface area contributed by atoms with Crippen LogP contribution in [0.5, 0.6) is 0 Å². The Morgan fingerprint density at radius 3 is 2.57 bits per heavy atom. The topological polar surface area (TPSA) is 69.2 Å². The molecule has 0 atom stereocenters. The van der Waals surface area contributed by atoms with Crippen molar-refractivity contribution in [1.82, 2.24) is 5.16 Å². The molecule has 0 aliphatic rings. The predicted octanol–water partition coefficient (Wildman–Crippen LogP) is 4.85. The zero-order valence-electron chi connectivity index (χ0n) is 11.3. The summed E-state index contributed by atoms with van der Waals surface area (Å²) in [6.45, 7) is 0. The van der Waals surface area contributed by atoms with E-state index in [4.69, 9.17) is 16.1 Å². The SMILES string of the molecule is O=[N+]([O-])c1ccc(Cl)cc1-c1cc(-c2ccc(F)cc2F)on1. The highest BCUT2D eigenvalue weighted by Gasteiger charge is 2.20. The van der Waals surface area contributed by atoms with Crippen LogP contribution in [0.2, 0.25) is 5.02 Å². The molecule has 1 aromatic heterocycles. The van der Waals surface area contributed by atoms with Crippen molar-refractivity contribution in [1.29, 1.82) is 0 Å². The van der Waals surface area contributed by atoms with Crippen LogP contribution in [-0.4, -0.2) is 10.1 Å². The summed E-state index contributed by atoms with van der Waals surface area (Å²) in [6, 6.07) is 8.29. The largest absolute Gasteiger partial charge is 0.356 e. The van der Waals surface area contributed by atoms with E-state index < -0.39 is 16.6 Å². The van der Waals surface area contributed by atoms with E-state index in [-0.39, 0.29) is 33.3 Å². The fraction of sp³-hybridized carbons (Fsp3) is 0. The maximum atomic E-state index is 13.8. The van der Waals surface area contributed by atoms with Gasteiger partial charge >= 0.3 is 0 Å². The highest BCUT2D eigenvalue weighted by atomic mass is 35.5. The van der Waals surface area contributed by atoms with Gasteiger partial charge in [-0.05, 0) is 24.3 Å². The number of halogens is 3. The summed E-state index contributed by atoms with van der Waals surface area (Å²) >= 11 is 5.86. The van der Waals surface area contributed by atoms with Crippen LogP contribution in [-0.2, 0) is 0 Å². The van der Waals surface area contributed by atoms with Crippen molar-refractivity contribution in [3.8, 4) is 22.6 Å². The van der Waals surface area contributed by atoms with Gasteiger partial charge in [-0.1, -0.05) is 16.8 Å². The molecule has 5 nitrogen and oxygen atoms in total. The number of nitro groups is 1. The van der Waals surface area contributed by atoms with E-state index in [0.717, 1.165) is 6.07 Å². The molecule has 0 fully saturated rings. The Labute approximate surface area is 133 Å². The smallest absolute Gasteiger partial charge is 0.278 e. The van der Waals surface area contributed by atoms with Crippen LogP contribution in [0.15, 0.2) is 47.0 Å². The predicted molar refractivity (Wildman–Crippen MR) is 79.0 cm³/mol. The van der Waals surface area contributed by atoms with Gasteiger partial charge in [0.1, 0.15) is 17.3 Å². The van der Waals surface area contributed by atoms with Gasteiger partial charge in [0, 0.05) is 23.2 Å². The Balaban J connectivity index is 2.09. The third kappa shape index (κ3) is 2.91. The molecule has 0 saturated carbocycles. The van der Waals surface area contributed by atoms with Gasteiger partial charge in [0.05, 0.1) is 16.1 Å². The molecule has 3 aromatic rings. The first-order valence-corrected chi connectivity index (χ1v) is 6.70. The van der Waals surface area contributed by atoms with E-state index in [0.29, 0.717) is 6.07 Å². The second kappa shape index (κ2) is 5.77. The first-order chi connectivity index (χ1) is 11.0. The maximum Gasteiger partial charge on any atom is 0.278 e. The van der Waals surface area contributed by atoms with Crippen molar-refractivity contribution in [3.05, 3.63) is 69.2 Å². The van der Waals surface area contributed by atoms with Gasteiger partial charge in [0.25, 0.3) is 5.69 Å². The van der Waals surface area contributed by atoms with Crippen molar-refractivity contribution in [2.45, 2.75) is 0 Å². The summed E-state index contributed by atoms with van der Waals surface area (Å²) in [5, 5.41) is 15.1. The molecule has 0 N–H and O–H groups in total. The number of rotatable bonds is 3. The molecule has 0 unspecified atom stereocenters. The summed E-state index contributed by atoms with van der Waals surface area (Å²) in [6.07, 6.45) is 0. The lowest BCUT2D eigenvalue weighted by molar-refractivity contribution is -0.384. The van der Waals surface area contributed by atoms with Crippen LogP contribution in [0.25, 0.3) is 22.6 Å². The van der Waals surface area contributed by atoms with Gasteiger partial charge in [-0.15, -0.1) is 0 Å². The molecular formula is C15H7ClF2N2O3. The first-order valence-electron chi connectivity index (χ1n) is 6.32. The summed E-state index contributed by atoms with van der Waals surface area (Å²) in [5.74, 6) is -1.53. The Bertz CT molecular complexity index is 911. The van der Waals surface area contributed by atoms with Gasteiger partial charge in [0.15, 0.2) is 5.76 Å². The van der Waals surface area contributed by atoms with Crippen LogP contribution in [0.4, 0.5) is 14.5 Å². The van der Waals surface area contributed by atoms with E-state index in [1.54, 1.807) is 0 Å². The molecule has 0 aliphatic heterocycles. The van der Waals surface area contributed by atoms with Crippen LogP contribution in [0.1, 0.15) is 0 Å². The van der Waals surface area contributed by atoms with Crippen molar-refractivity contribution in [3.63, 3.8) is 0 Å². The van der Waals surface area contributed by atoms with Crippen molar-refractivity contribution >= 4 is 17.3 Å². The zero-order chi connectivity index (χ0) is 16.6. The van der Waals surface area contributed by atoms with Crippen LogP contribution >= 0.6 is 11.6 Å². The van der Waals surface area contributed by atoms with Crippen molar-refractivity contribution in [2.24, 2.45) is 0 Å². The highest BCUT2D eigenvalue weighted by molar-refractivity contribution is 6.31. The van der Waals surface area contributed by atoms with Gasteiger partial charge < -0.3 is 4.52 Å². The fourth-order valence-corrected chi connectivity index (χ4v) is 2.26. The number of aromatic nitrogens is 1. The lowest BCUT2D eigenvalue weighted by Crippen LogP contribution is -1.91. The zero-order valence-corrected chi connectivity index (χ0v) is 12.1. The van der Waals surface area contributed by atoms with Crippen LogP contribution in [0, 0.1) is 21.7 Å². The second-order valence-corrected chi connectivity index (χ2v) is 5.06. The minimum absolute atomic E-state index is 0.00479. The second-order valence-electron chi connectivity index (χ2n) is 4.62. The summed E-state index contributed by atoms with van der Waals surface area (Å²) in [5.41, 5.74) is 0.0432. The lowest BCUT2D eigenvalue weighted by Gasteiger charge is -1.99. The quantitative estimate of drug-likeness (QED) is 0.506. The van der Waals surface area contributed by atoms with E-state index >= 15 is 0 Å². The lowest BCUT2D eigenvalue weighted by atomic mass is 10.1. The van der Waals surface area contributed by atoms with Gasteiger partial charge in [0.2, 0.25) is 0 Å². The van der Waals surface area contributed by atoms with E-state index in [9.17, 15) is 18.9 Å². The average Bonchev–Trinajstić information content (AvgIpc) is 2.96. The highest BCUT2D eigenvalue weighted by Crippen LogP contribution is 2.34. The Morgan fingerprint density at radius 1 is 1.09 bits per heavy atom. The number of hydrogen-bond donors (Lipinski definition) is 0. The average molecular weight is 337 g/mol. The molecule has 0 bridgehead atoms. The standard InChI is InChI=1S/C15H7ClF2N2O3/c16-8-1-4-14(20(21)22)11(5-8)13-7-15(23-19-13)10-3-2-9(17)6-12(10)18/h1-7H. The van der Waals surface area contributed by atoms with E-state index in [1.807, 2.05) is 0 Å². The summed E-state index contributed by atoms with van der Waals surface area (Å²) in [4.78, 5) is 10.5. The minimum atomic E-state index is -0.826. The van der Waals surface area contributed by atoms with Crippen molar-refractivity contribution in [2.75, 3.05) is 0 Å². The molecule has 0 saturated heterocycles. The molecule has 3 rings (SSSR count). The fourth-order valence-electron chi connectivity index (χ4n) is 2.09. The molecule has 0 spiro atoms. The normalized spacial score (nSPS) is 10.7. The Kier molecular flexibility index (Phi) is 3.79. The van der Waals surface area contributed by atoms with Gasteiger partial charge in [-0.2, -0.15) is 0 Å².